The third-order valence-corrected chi connectivity index (χ3v) is 4.68. The number of hydrogen-bond acceptors (Lipinski definition) is 3. The molecule has 1 aliphatic heterocycles. The van der Waals surface area contributed by atoms with Gasteiger partial charge in [0.25, 0.3) is 0 Å². The predicted molar refractivity (Wildman–Crippen MR) is 80.0 cm³/mol. The second-order valence-electron chi connectivity index (χ2n) is 4.89. The van der Waals surface area contributed by atoms with Crippen LogP contribution >= 0.6 is 22.9 Å². The Hall–Kier alpha value is -1.03. The van der Waals surface area contributed by atoms with Gasteiger partial charge in [-0.25, -0.2) is 0 Å². The van der Waals surface area contributed by atoms with Gasteiger partial charge in [0.2, 0.25) is 0 Å². The maximum atomic E-state index is 5.96. The van der Waals surface area contributed by atoms with Crippen molar-refractivity contribution < 1.29 is 4.74 Å². The average molecular weight is 294 g/mol. The summed E-state index contributed by atoms with van der Waals surface area (Å²) in [5.74, 6) is 1.47. The molecule has 2 atom stereocenters. The van der Waals surface area contributed by atoms with E-state index in [1.807, 2.05) is 18.2 Å². The van der Waals surface area contributed by atoms with Crippen LogP contribution < -0.4 is 10.1 Å². The van der Waals surface area contributed by atoms with Crippen LogP contribution in [0.2, 0.25) is 4.34 Å². The number of halogens is 1. The van der Waals surface area contributed by atoms with Crippen molar-refractivity contribution in [1.29, 1.82) is 0 Å². The minimum absolute atomic E-state index is 0.339. The molecule has 1 aliphatic rings. The average Bonchev–Trinajstić information content (AvgIpc) is 2.83. The van der Waals surface area contributed by atoms with E-state index in [0.29, 0.717) is 12.0 Å². The minimum atomic E-state index is 0.339. The zero-order valence-corrected chi connectivity index (χ0v) is 12.3. The second-order valence-corrected chi connectivity index (χ2v) is 6.69. The Kier molecular flexibility index (Phi) is 3.78. The van der Waals surface area contributed by atoms with Gasteiger partial charge in [0.05, 0.1) is 10.9 Å². The molecule has 0 radical (unpaired) electrons. The van der Waals surface area contributed by atoms with Crippen LogP contribution in [-0.4, -0.2) is 6.61 Å². The Bertz CT molecular complexity index is 569. The topological polar surface area (TPSA) is 21.3 Å². The summed E-state index contributed by atoms with van der Waals surface area (Å²) in [4.78, 5) is 1.26. The van der Waals surface area contributed by atoms with Crippen LogP contribution in [0.5, 0.6) is 5.75 Å². The number of fused-ring (bicyclic) bond motifs is 1. The fourth-order valence-corrected chi connectivity index (χ4v) is 3.50. The van der Waals surface area contributed by atoms with Crippen LogP contribution in [0.3, 0.4) is 0 Å². The van der Waals surface area contributed by atoms with E-state index in [-0.39, 0.29) is 0 Å². The number of hydrogen-bond donors (Lipinski definition) is 1. The van der Waals surface area contributed by atoms with Gasteiger partial charge in [-0.3, -0.25) is 0 Å². The SMILES string of the molecule is CC1COc2ccccc2C1NCc1ccc(Cl)s1. The molecule has 2 aromatic rings. The van der Waals surface area contributed by atoms with Crippen molar-refractivity contribution in [2.24, 2.45) is 5.92 Å². The molecule has 1 N–H and O–H groups in total. The lowest BCUT2D eigenvalue weighted by Gasteiger charge is -2.32. The molecular formula is C15H16ClNOS. The van der Waals surface area contributed by atoms with Crippen molar-refractivity contribution in [3.63, 3.8) is 0 Å². The molecule has 19 heavy (non-hydrogen) atoms. The first kappa shape index (κ1) is 13.0. The fraction of sp³-hybridized carbons (Fsp3) is 0.333. The first-order chi connectivity index (χ1) is 9.24. The number of benzene rings is 1. The summed E-state index contributed by atoms with van der Waals surface area (Å²) in [6, 6.07) is 12.6. The number of para-hydroxylation sites is 1. The largest absolute Gasteiger partial charge is 0.493 e. The van der Waals surface area contributed by atoms with E-state index < -0.39 is 0 Å². The molecule has 0 saturated carbocycles. The zero-order valence-electron chi connectivity index (χ0n) is 10.7. The van der Waals surface area contributed by atoms with Gasteiger partial charge in [-0.15, -0.1) is 11.3 Å². The maximum Gasteiger partial charge on any atom is 0.124 e. The highest BCUT2D eigenvalue weighted by Crippen LogP contribution is 2.35. The normalized spacial score (nSPS) is 21.8. The van der Waals surface area contributed by atoms with Crippen molar-refractivity contribution in [3.05, 3.63) is 51.2 Å². The van der Waals surface area contributed by atoms with Gasteiger partial charge >= 0.3 is 0 Å². The third-order valence-electron chi connectivity index (χ3n) is 3.45. The van der Waals surface area contributed by atoms with Crippen molar-refractivity contribution >= 4 is 22.9 Å². The van der Waals surface area contributed by atoms with Gasteiger partial charge in [0, 0.05) is 28.9 Å². The molecule has 2 nitrogen and oxygen atoms in total. The van der Waals surface area contributed by atoms with Gasteiger partial charge in [-0.05, 0) is 18.2 Å². The number of thiophene rings is 1. The summed E-state index contributed by atoms with van der Waals surface area (Å²) in [6.07, 6.45) is 0. The van der Waals surface area contributed by atoms with Gasteiger partial charge < -0.3 is 10.1 Å². The molecule has 100 valence electrons. The molecule has 1 aromatic heterocycles. The molecule has 0 fully saturated rings. The van der Waals surface area contributed by atoms with E-state index in [1.54, 1.807) is 11.3 Å². The van der Waals surface area contributed by atoms with Crippen LogP contribution in [0.4, 0.5) is 0 Å². The number of ether oxygens (including phenoxy) is 1. The molecule has 2 heterocycles. The molecule has 3 rings (SSSR count). The Morgan fingerprint density at radius 1 is 1.32 bits per heavy atom. The quantitative estimate of drug-likeness (QED) is 0.913. The van der Waals surface area contributed by atoms with E-state index in [1.165, 1.54) is 10.4 Å². The molecule has 4 heteroatoms. The molecule has 0 saturated heterocycles. The smallest absolute Gasteiger partial charge is 0.124 e. The lowest BCUT2D eigenvalue weighted by molar-refractivity contribution is 0.188. The van der Waals surface area contributed by atoms with E-state index >= 15 is 0 Å². The molecule has 0 spiro atoms. The zero-order chi connectivity index (χ0) is 13.2. The minimum Gasteiger partial charge on any atom is -0.493 e. The molecule has 2 unspecified atom stereocenters. The molecular weight excluding hydrogens is 278 g/mol. The highest BCUT2D eigenvalue weighted by atomic mass is 35.5. The van der Waals surface area contributed by atoms with Crippen molar-refractivity contribution in [1.82, 2.24) is 5.32 Å². The lowest BCUT2D eigenvalue weighted by atomic mass is 9.92. The Morgan fingerprint density at radius 2 is 2.16 bits per heavy atom. The van der Waals surface area contributed by atoms with Crippen LogP contribution in [0, 0.1) is 5.92 Å². The van der Waals surface area contributed by atoms with E-state index in [4.69, 9.17) is 16.3 Å². The summed E-state index contributed by atoms with van der Waals surface area (Å²) < 4.78 is 6.61. The standard InChI is InChI=1S/C15H16ClNOS/c1-10-9-18-13-5-3-2-4-12(13)15(10)17-8-11-6-7-14(16)19-11/h2-7,10,15,17H,8-9H2,1H3. The highest BCUT2D eigenvalue weighted by Gasteiger charge is 2.27. The van der Waals surface area contributed by atoms with Crippen LogP contribution in [0.1, 0.15) is 23.4 Å². The van der Waals surface area contributed by atoms with Crippen LogP contribution in [0.15, 0.2) is 36.4 Å². The summed E-state index contributed by atoms with van der Waals surface area (Å²) in [5, 5.41) is 3.63. The number of rotatable bonds is 3. The van der Waals surface area contributed by atoms with Crippen molar-refractivity contribution in [2.45, 2.75) is 19.5 Å². The predicted octanol–water partition coefficient (Wildman–Crippen LogP) is 4.26. The van der Waals surface area contributed by atoms with E-state index in [2.05, 4.69) is 30.4 Å². The van der Waals surface area contributed by atoms with Gasteiger partial charge in [-0.2, -0.15) is 0 Å². The third kappa shape index (κ3) is 2.78. The van der Waals surface area contributed by atoms with Crippen molar-refractivity contribution in [2.75, 3.05) is 6.61 Å². The van der Waals surface area contributed by atoms with E-state index in [0.717, 1.165) is 23.2 Å². The Labute approximate surface area is 122 Å². The first-order valence-electron chi connectivity index (χ1n) is 6.43. The fourth-order valence-electron chi connectivity index (χ4n) is 2.46. The first-order valence-corrected chi connectivity index (χ1v) is 7.63. The maximum absolute atomic E-state index is 5.96. The van der Waals surface area contributed by atoms with Gasteiger partial charge in [0.1, 0.15) is 5.75 Å². The molecule has 0 aliphatic carbocycles. The number of nitrogens with one attached hydrogen (secondary N) is 1. The van der Waals surface area contributed by atoms with Crippen LogP contribution in [-0.2, 0) is 6.54 Å². The Balaban J connectivity index is 1.76. The Morgan fingerprint density at radius 3 is 2.95 bits per heavy atom. The molecule has 1 aromatic carbocycles. The summed E-state index contributed by atoms with van der Waals surface area (Å²) in [7, 11) is 0. The summed E-state index contributed by atoms with van der Waals surface area (Å²) in [6.45, 7) is 3.83. The lowest BCUT2D eigenvalue weighted by Crippen LogP contribution is -2.33. The second kappa shape index (κ2) is 5.53. The highest BCUT2D eigenvalue weighted by molar-refractivity contribution is 7.16. The molecule has 0 bridgehead atoms. The monoisotopic (exact) mass is 293 g/mol. The van der Waals surface area contributed by atoms with Gasteiger partial charge in [0.15, 0.2) is 0 Å². The molecule has 0 amide bonds. The van der Waals surface area contributed by atoms with Crippen LogP contribution in [0.25, 0.3) is 0 Å². The van der Waals surface area contributed by atoms with E-state index in [9.17, 15) is 0 Å². The van der Waals surface area contributed by atoms with Gasteiger partial charge in [-0.1, -0.05) is 36.7 Å². The van der Waals surface area contributed by atoms with Crippen molar-refractivity contribution in [3.8, 4) is 5.75 Å². The summed E-state index contributed by atoms with van der Waals surface area (Å²) in [5.41, 5.74) is 1.25. The summed E-state index contributed by atoms with van der Waals surface area (Å²) >= 11 is 7.59.